The predicted octanol–water partition coefficient (Wildman–Crippen LogP) is -3.39. The molecule has 9 heavy (non-hydrogen) atoms. The quantitative estimate of drug-likeness (QED) is 0.314. The Bertz CT molecular complexity index is 116. The molecule has 0 radical (unpaired) electrons. The molecule has 0 rings (SSSR count). The molecule has 4 nitrogen and oxygen atoms in total. The van der Waals surface area contributed by atoms with E-state index in [4.69, 9.17) is 10.2 Å². The molecule has 0 aromatic carbocycles. The van der Waals surface area contributed by atoms with Crippen molar-refractivity contribution in [3.05, 3.63) is 0 Å². The van der Waals surface area contributed by atoms with E-state index in [0.717, 1.165) is 0 Å². The molecule has 6 heteroatoms. The molecule has 48 valence electrons. The number of halogens is 1. The molecule has 0 amide bonds. The molecule has 0 aromatic rings. The maximum absolute atomic E-state index is 11.4. The van der Waals surface area contributed by atoms with Crippen LogP contribution in [0.25, 0.3) is 0 Å². The Morgan fingerprint density at radius 3 is 1.56 bits per heavy atom. The van der Waals surface area contributed by atoms with Crippen LogP contribution in [0.1, 0.15) is 1.43 Å². The van der Waals surface area contributed by atoms with E-state index in [-0.39, 0.29) is 31.0 Å². The van der Waals surface area contributed by atoms with Gasteiger partial charge in [0.25, 0.3) is 6.17 Å². The van der Waals surface area contributed by atoms with Gasteiger partial charge < -0.3 is 11.6 Å². The summed E-state index contributed by atoms with van der Waals surface area (Å²) in [6, 6.07) is 0. The van der Waals surface area contributed by atoms with Crippen molar-refractivity contribution in [2.75, 3.05) is 0 Å². The van der Waals surface area contributed by atoms with E-state index < -0.39 is 18.1 Å². The van der Waals surface area contributed by atoms with Crippen molar-refractivity contribution in [3.63, 3.8) is 0 Å². The van der Waals surface area contributed by atoms with E-state index in [1.165, 1.54) is 0 Å². The van der Waals surface area contributed by atoms with Gasteiger partial charge in [0.05, 0.1) is 0 Å². The predicted molar refractivity (Wildman–Crippen MR) is 21.3 cm³/mol. The van der Waals surface area contributed by atoms with Crippen molar-refractivity contribution in [2.24, 2.45) is 0 Å². The fraction of sp³-hybridized carbons (Fsp3) is 0.333. The van der Waals surface area contributed by atoms with Gasteiger partial charge in [-0.25, -0.2) is 14.0 Å². The Labute approximate surface area is 73.4 Å². The van der Waals surface area contributed by atoms with Gasteiger partial charge in [-0.05, 0) is 0 Å². The molecule has 0 spiro atoms. The van der Waals surface area contributed by atoms with Gasteiger partial charge in [0.1, 0.15) is 0 Å². The van der Waals surface area contributed by atoms with Crippen LogP contribution in [0.3, 0.4) is 0 Å². The largest absolute Gasteiger partial charge is 1.00 e. The summed E-state index contributed by atoms with van der Waals surface area (Å²) in [6.07, 6.45) is -2.80. The Hall–Kier alpha value is -0.130. The Kier molecular flexibility index (Phi) is 6.11. The third kappa shape index (κ3) is 4.38. The van der Waals surface area contributed by atoms with Crippen molar-refractivity contribution in [1.29, 1.82) is 0 Å². The molecule has 0 bridgehead atoms. The van der Waals surface area contributed by atoms with E-state index in [1.54, 1.807) is 0 Å². The van der Waals surface area contributed by atoms with Crippen LogP contribution < -0.4 is 29.6 Å². The fourth-order valence-electron chi connectivity index (χ4n) is 0.106. The van der Waals surface area contributed by atoms with Crippen LogP contribution in [0.4, 0.5) is 4.39 Å². The minimum absolute atomic E-state index is 0. The molecule has 0 atom stereocenters. The molecular formula is C3H4FNaO4. The molecule has 0 unspecified atom stereocenters. The monoisotopic (exact) mass is 146 g/mol. The number of aliphatic carboxylic acids is 2. The van der Waals surface area contributed by atoms with Crippen LogP contribution in [0, 0.1) is 0 Å². The third-order valence-corrected chi connectivity index (χ3v) is 0.434. The first-order chi connectivity index (χ1) is 3.55. The van der Waals surface area contributed by atoms with Crippen molar-refractivity contribution < 1.29 is 55.2 Å². The second kappa shape index (κ2) is 4.72. The molecule has 0 aliphatic heterocycles. The van der Waals surface area contributed by atoms with Crippen molar-refractivity contribution in [1.82, 2.24) is 0 Å². The van der Waals surface area contributed by atoms with E-state index in [9.17, 15) is 14.0 Å². The topological polar surface area (TPSA) is 74.6 Å². The molecule has 2 N–H and O–H groups in total. The van der Waals surface area contributed by atoms with E-state index in [0.29, 0.717) is 0 Å². The number of hydrogen-bond acceptors (Lipinski definition) is 2. The molecule has 0 aliphatic rings. The summed E-state index contributed by atoms with van der Waals surface area (Å²) in [7, 11) is 0. The maximum Gasteiger partial charge on any atom is 1.00 e. The normalized spacial score (nSPS) is 8.22. The number of rotatable bonds is 2. The second-order valence-electron chi connectivity index (χ2n) is 1.04. The van der Waals surface area contributed by atoms with Crippen LogP contribution >= 0.6 is 0 Å². The second-order valence-corrected chi connectivity index (χ2v) is 1.04. The van der Waals surface area contributed by atoms with Crippen LogP contribution in [-0.2, 0) is 9.59 Å². The molecule has 0 saturated heterocycles. The Morgan fingerprint density at radius 2 is 1.56 bits per heavy atom. The number of carboxylic acid groups (broad SMARTS) is 2. The minimum atomic E-state index is -2.80. The van der Waals surface area contributed by atoms with Crippen LogP contribution in [0.15, 0.2) is 0 Å². The maximum atomic E-state index is 11.4. The zero-order valence-electron chi connectivity index (χ0n) is 5.67. The van der Waals surface area contributed by atoms with E-state index in [2.05, 4.69) is 0 Å². The van der Waals surface area contributed by atoms with Crippen molar-refractivity contribution >= 4 is 11.9 Å². The van der Waals surface area contributed by atoms with Gasteiger partial charge in [0, 0.05) is 0 Å². The van der Waals surface area contributed by atoms with Gasteiger partial charge in [-0.2, -0.15) is 0 Å². The Balaban J connectivity index is -0.000000245. The summed E-state index contributed by atoms with van der Waals surface area (Å²) in [6.45, 7) is 0. The number of hydrogen-bond donors (Lipinski definition) is 2. The van der Waals surface area contributed by atoms with Gasteiger partial charge in [-0.15, -0.1) is 0 Å². The summed E-state index contributed by atoms with van der Waals surface area (Å²) >= 11 is 0. The molecule has 0 aliphatic carbocycles. The van der Waals surface area contributed by atoms with Crippen LogP contribution in [-0.4, -0.2) is 28.3 Å². The smallest absolute Gasteiger partial charge is 1.00 e. The number of carboxylic acids is 2. The summed E-state index contributed by atoms with van der Waals surface area (Å²) in [5.41, 5.74) is 0. The summed E-state index contributed by atoms with van der Waals surface area (Å²) in [4.78, 5) is 18.8. The standard InChI is InChI=1S/C3H3FO4.Na.H/c4-1(2(5)6)3(7)8;;/h1H,(H,5,6)(H,7,8);;/q;+1;-1. The minimum Gasteiger partial charge on any atom is -1.00 e. The fourth-order valence-corrected chi connectivity index (χ4v) is 0.106. The van der Waals surface area contributed by atoms with Crippen LogP contribution in [0.2, 0.25) is 0 Å². The number of alkyl halides is 1. The first-order valence-corrected chi connectivity index (χ1v) is 1.65. The molecule has 0 fully saturated rings. The summed E-state index contributed by atoms with van der Waals surface area (Å²) < 4.78 is 11.4. The van der Waals surface area contributed by atoms with Gasteiger partial charge >= 0.3 is 41.5 Å². The molecule has 0 heterocycles. The van der Waals surface area contributed by atoms with E-state index >= 15 is 0 Å². The summed E-state index contributed by atoms with van der Waals surface area (Å²) in [5.74, 6) is -3.95. The van der Waals surface area contributed by atoms with E-state index in [1.807, 2.05) is 0 Å². The zero-order chi connectivity index (χ0) is 6.73. The van der Waals surface area contributed by atoms with Gasteiger partial charge in [0.15, 0.2) is 0 Å². The summed E-state index contributed by atoms with van der Waals surface area (Å²) in [5, 5.41) is 15.2. The van der Waals surface area contributed by atoms with Gasteiger partial charge in [-0.3, -0.25) is 0 Å². The zero-order valence-corrected chi connectivity index (χ0v) is 6.67. The Morgan fingerprint density at radius 1 is 1.33 bits per heavy atom. The van der Waals surface area contributed by atoms with Crippen LogP contribution in [0.5, 0.6) is 0 Å². The number of carbonyl (C=O) groups is 2. The van der Waals surface area contributed by atoms with Gasteiger partial charge in [0.2, 0.25) is 0 Å². The van der Waals surface area contributed by atoms with Gasteiger partial charge in [-0.1, -0.05) is 0 Å². The average molecular weight is 146 g/mol. The molecule has 0 aromatic heterocycles. The van der Waals surface area contributed by atoms with Crippen molar-refractivity contribution in [2.45, 2.75) is 6.17 Å². The average Bonchev–Trinajstić information content (AvgIpc) is 1.64. The molecular weight excluding hydrogens is 142 g/mol. The SMILES string of the molecule is O=C(O)C(F)C(=O)O.[H-].[Na+]. The third-order valence-electron chi connectivity index (χ3n) is 0.434. The molecule has 0 saturated carbocycles. The first kappa shape index (κ1) is 11.6. The van der Waals surface area contributed by atoms with Crippen molar-refractivity contribution in [3.8, 4) is 0 Å². The first-order valence-electron chi connectivity index (χ1n) is 1.65.